The van der Waals surface area contributed by atoms with E-state index in [1.54, 1.807) is 0 Å². The standard InChI is InChI=1S/C20H30N2O3/c1-16-11-21(12-17(2)25-16)13-19-9-6-10-22(19)20(23)15-24-14-18-7-4-3-5-8-18/h3-5,7-8,16-17,19H,6,9-15H2,1-2H3/t16-,17+,19-/m0/s1. The highest BCUT2D eigenvalue weighted by molar-refractivity contribution is 5.78. The van der Waals surface area contributed by atoms with Crippen molar-refractivity contribution in [2.24, 2.45) is 0 Å². The summed E-state index contributed by atoms with van der Waals surface area (Å²) < 4.78 is 11.4. The van der Waals surface area contributed by atoms with Crippen LogP contribution in [0.25, 0.3) is 0 Å². The minimum Gasteiger partial charge on any atom is -0.373 e. The zero-order valence-corrected chi connectivity index (χ0v) is 15.4. The number of rotatable bonds is 6. The van der Waals surface area contributed by atoms with Gasteiger partial charge in [0.1, 0.15) is 6.61 Å². The van der Waals surface area contributed by atoms with E-state index >= 15 is 0 Å². The number of ether oxygens (including phenoxy) is 2. The molecule has 5 nitrogen and oxygen atoms in total. The molecule has 2 aliphatic rings. The number of carbonyl (C=O) groups excluding carboxylic acids is 1. The van der Waals surface area contributed by atoms with Gasteiger partial charge in [-0.25, -0.2) is 0 Å². The van der Waals surface area contributed by atoms with Crippen LogP contribution in [0, 0.1) is 0 Å². The molecule has 2 heterocycles. The summed E-state index contributed by atoms with van der Waals surface area (Å²) in [6, 6.07) is 10.3. The molecule has 0 unspecified atom stereocenters. The lowest BCUT2D eigenvalue weighted by Gasteiger charge is -2.38. The van der Waals surface area contributed by atoms with E-state index in [0.717, 1.165) is 44.6 Å². The third-order valence-corrected chi connectivity index (χ3v) is 5.00. The molecule has 25 heavy (non-hydrogen) atoms. The maximum Gasteiger partial charge on any atom is 0.248 e. The average Bonchev–Trinajstić information content (AvgIpc) is 3.03. The molecule has 3 atom stereocenters. The highest BCUT2D eigenvalue weighted by atomic mass is 16.5. The summed E-state index contributed by atoms with van der Waals surface area (Å²) >= 11 is 0. The maximum absolute atomic E-state index is 12.6. The number of carbonyl (C=O) groups is 1. The third-order valence-electron chi connectivity index (χ3n) is 5.00. The lowest BCUT2D eigenvalue weighted by molar-refractivity contribution is -0.138. The lowest BCUT2D eigenvalue weighted by atomic mass is 10.1. The number of amides is 1. The molecule has 3 rings (SSSR count). The van der Waals surface area contributed by atoms with Crippen LogP contribution in [0.3, 0.4) is 0 Å². The quantitative estimate of drug-likeness (QED) is 0.793. The molecule has 1 amide bonds. The summed E-state index contributed by atoms with van der Waals surface area (Å²) in [5.41, 5.74) is 1.10. The number of nitrogens with zero attached hydrogens (tertiary/aromatic N) is 2. The molecular weight excluding hydrogens is 316 g/mol. The Morgan fingerprint density at radius 2 is 1.92 bits per heavy atom. The van der Waals surface area contributed by atoms with Crippen LogP contribution in [0.4, 0.5) is 0 Å². The van der Waals surface area contributed by atoms with E-state index in [-0.39, 0.29) is 24.7 Å². The first kappa shape index (κ1) is 18.4. The summed E-state index contributed by atoms with van der Waals surface area (Å²) in [7, 11) is 0. The van der Waals surface area contributed by atoms with Gasteiger partial charge in [0.15, 0.2) is 0 Å². The summed E-state index contributed by atoms with van der Waals surface area (Å²) in [4.78, 5) is 17.0. The van der Waals surface area contributed by atoms with Crippen molar-refractivity contribution in [3.8, 4) is 0 Å². The summed E-state index contributed by atoms with van der Waals surface area (Å²) in [5.74, 6) is 0.118. The largest absolute Gasteiger partial charge is 0.373 e. The predicted octanol–water partition coefficient (Wildman–Crippen LogP) is 2.30. The summed E-state index contributed by atoms with van der Waals surface area (Å²) in [6.07, 6.45) is 2.71. The van der Waals surface area contributed by atoms with Crippen LogP contribution in [0.1, 0.15) is 32.3 Å². The predicted molar refractivity (Wildman–Crippen MR) is 97.3 cm³/mol. The normalized spacial score (nSPS) is 27.6. The van der Waals surface area contributed by atoms with Crippen LogP contribution in [-0.4, -0.2) is 66.7 Å². The second-order valence-electron chi connectivity index (χ2n) is 7.34. The van der Waals surface area contributed by atoms with E-state index < -0.39 is 0 Å². The van der Waals surface area contributed by atoms with E-state index in [1.807, 2.05) is 35.2 Å². The van der Waals surface area contributed by atoms with Gasteiger partial charge in [0.25, 0.3) is 0 Å². The van der Waals surface area contributed by atoms with Crippen molar-refractivity contribution in [3.05, 3.63) is 35.9 Å². The molecule has 1 aromatic carbocycles. The molecule has 0 saturated carbocycles. The Balaban J connectivity index is 1.46. The van der Waals surface area contributed by atoms with Crippen molar-refractivity contribution < 1.29 is 14.3 Å². The van der Waals surface area contributed by atoms with Crippen molar-refractivity contribution in [1.29, 1.82) is 0 Å². The van der Waals surface area contributed by atoms with Crippen LogP contribution in [0.5, 0.6) is 0 Å². The van der Waals surface area contributed by atoms with Crippen LogP contribution >= 0.6 is 0 Å². The molecule has 0 aromatic heterocycles. The number of morpholine rings is 1. The fourth-order valence-corrected chi connectivity index (χ4v) is 4.00. The van der Waals surface area contributed by atoms with Gasteiger partial charge in [-0.15, -0.1) is 0 Å². The van der Waals surface area contributed by atoms with Gasteiger partial charge in [0.05, 0.1) is 18.8 Å². The third kappa shape index (κ3) is 5.27. The SMILES string of the molecule is C[C@@H]1CN(C[C@@H]2CCCN2C(=O)COCc2ccccc2)C[C@H](C)O1. The molecule has 2 aliphatic heterocycles. The highest BCUT2D eigenvalue weighted by Crippen LogP contribution is 2.21. The summed E-state index contributed by atoms with van der Waals surface area (Å²) in [5, 5.41) is 0. The molecule has 2 saturated heterocycles. The van der Waals surface area contributed by atoms with Crippen molar-refractivity contribution in [3.63, 3.8) is 0 Å². The van der Waals surface area contributed by atoms with Gasteiger partial charge in [-0.2, -0.15) is 0 Å². The fraction of sp³-hybridized carbons (Fsp3) is 0.650. The second kappa shape index (κ2) is 8.79. The molecule has 0 aliphatic carbocycles. The van der Waals surface area contributed by atoms with Crippen molar-refractivity contribution >= 4 is 5.91 Å². The molecule has 0 spiro atoms. The minimum atomic E-state index is 0.118. The Morgan fingerprint density at radius 1 is 1.20 bits per heavy atom. The highest BCUT2D eigenvalue weighted by Gasteiger charge is 2.32. The average molecular weight is 346 g/mol. The van der Waals surface area contributed by atoms with Gasteiger partial charge < -0.3 is 14.4 Å². The molecule has 2 fully saturated rings. The van der Waals surface area contributed by atoms with Crippen LogP contribution < -0.4 is 0 Å². The lowest BCUT2D eigenvalue weighted by Crippen LogP contribution is -2.51. The van der Waals surface area contributed by atoms with E-state index in [0.29, 0.717) is 12.6 Å². The fourth-order valence-electron chi connectivity index (χ4n) is 4.00. The van der Waals surface area contributed by atoms with Gasteiger partial charge in [0, 0.05) is 32.2 Å². The molecule has 0 N–H and O–H groups in total. The Morgan fingerprint density at radius 3 is 2.64 bits per heavy atom. The van der Waals surface area contributed by atoms with Crippen LogP contribution in [0.2, 0.25) is 0 Å². The number of benzene rings is 1. The number of likely N-dealkylation sites (tertiary alicyclic amines) is 1. The van der Waals surface area contributed by atoms with Crippen molar-refractivity contribution in [2.45, 2.75) is 51.5 Å². The first-order valence-corrected chi connectivity index (χ1v) is 9.41. The minimum absolute atomic E-state index is 0.118. The number of hydrogen-bond donors (Lipinski definition) is 0. The van der Waals surface area contributed by atoms with Gasteiger partial charge in [-0.1, -0.05) is 30.3 Å². The van der Waals surface area contributed by atoms with Gasteiger partial charge in [-0.05, 0) is 32.3 Å². The smallest absolute Gasteiger partial charge is 0.248 e. The zero-order chi connectivity index (χ0) is 17.6. The van der Waals surface area contributed by atoms with Gasteiger partial charge in [0.2, 0.25) is 5.91 Å². The Bertz CT molecular complexity index is 541. The van der Waals surface area contributed by atoms with Crippen molar-refractivity contribution in [2.75, 3.05) is 32.8 Å². The van der Waals surface area contributed by atoms with E-state index in [9.17, 15) is 4.79 Å². The Hall–Kier alpha value is -1.43. The zero-order valence-electron chi connectivity index (χ0n) is 15.4. The molecule has 0 bridgehead atoms. The molecular formula is C20H30N2O3. The van der Waals surface area contributed by atoms with E-state index in [4.69, 9.17) is 9.47 Å². The van der Waals surface area contributed by atoms with Crippen LogP contribution in [-0.2, 0) is 20.9 Å². The topological polar surface area (TPSA) is 42.0 Å². The second-order valence-corrected chi connectivity index (χ2v) is 7.34. The monoisotopic (exact) mass is 346 g/mol. The van der Waals surface area contributed by atoms with Crippen LogP contribution in [0.15, 0.2) is 30.3 Å². The van der Waals surface area contributed by atoms with Gasteiger partial charge in [-0.3, -0.25) is 9.69 Å². The van der Waals surface area contributed by atoms with E-state index in [2.05, 4.69) is 18.7 Å². The summed E-state index contributed by atoms with van der Waals surface area (Å²) in [6.45, 7) is 8.61. The molecule has 5 heteroatoms. The van der Waals surface area contributed by atoms with E-state index in [1.165, 1.54) is 0 Å². The first-order chi connectivity index (χ1) is 12.1. The molecule has 0 radical (unpaired) electrons. The maximum atomic E-state index is 12.6. The van der Waals surface area contributed by atoms with Crippen molar-refractivity contribution in [1.82, 2.24) is 9.80 Å². The Labute approximate surface area is 150 Å². The van der Waals surface area contributed by atoms with Gasteiger partial charge >= 0.3 is 0 Å². The number of hydrogen-bond acceptors (Lipinski definition) is 4. The first-order valence-electron chi connectivity index (χ1n) is 9.41. The molecule has 1 aromatic rings. The molecule has 138 valence electrons. The Kier molecular flexibility index (Phi) is 6.45.